The minimum atomic E-state index is -0.699. The quantitative estimate of drug-likeness (QED) is 0.876. The van der Waals surface area contributed by atoms with Crippen LogP contribution in [-0.4, -0.2) is 33.7 Å². The van der Waals surface area contributed by atoms with Crippen LogP contribution in [-0.2, 0) is 4.79 Å². The molecular formula is C15H21NO3. The van der Waals surface area contributed by atoms with Crippen LogP contribution in [0.15, 0.2) is 24.3 Å². The Morgan fingerprint density at radius 3 is 2.53 bits per heavy atom. The molecule has 104 valence electrons. The molecule has 3 unspecified atom stereocenters. The van der Waals surface area contributed by atoms with Crippen LogP contribution in [0.5, 0.6) is 5.75 Å². The van der Waals surface area contributed by atoms with Crippen molar-refractivity contribution in [1.82, 2.24) is 4.90 Å². The predicted octanol–water partition coefficient (Wildman–Crippen LogP) is 2.64. The molecule has 4 heteroatoms. The summed E-state index contributed by atoms with van der Waals surface area (Å²) in [5.74, 6) is -0.710. The van der Waals surface area contributed by atoms with Crippen LogP contribution in [0.4, 0.5) is 0 Å². The SMILES string of the molecule is CCC(c1ccc(O)cc1)N1CCC(C(=O)O)C1C. The van der Waals surface area contributed by atoms with E-state index in [1.807, 2.05) is 19.1 Å². The standard InChI is InChI=1S/C15H21NO3/c1-3-14(11-4-6-12(17)7-5-11)16-9-8-13(10(16)2)15(18)19/h4-7,10,13-14,17H,3,8-9H2,1-2H3,(H,18,19). The normalized spacial score (nSPS) is 25.4. The third kappa shape index (κ3) is 2.73. The molecule has 0 amide bonds. The largest absolute Gasteiger partial charge is 0.508 e. The van der Waals surface area contributed by atoms with Crippen molar-refractivity contribution in [2.24, 2.45) is 5.92 Å². The van der Waals surface area contributed by atoms with Crippen molar-refractivity contribution in [1.29, 1.82) is 0 Å². The van der Waals surface area contributed by atoms with E-state index in [9.17, 15) is 15.0 Å². The average molecular weight is 263 g/mol. The van der Waals surface area contributed by atoms with Gasteiger partial charge < -0.3 is 10.2 Å². The van der Waals surface area contributed by atoms with Crippen molar-refractivity contribution in [3.8, 4) is 5.75 Å². The Hall–Kier alpha value is -1.55. The highest BCUT2D eigenvalue weighted by atomic mass is 16.4. The van der Waals surface area contributed by atoms with E-state index in [2.05, 4.69) is 11.8 Å². The predicted molar refractivity (Wildman–Crippen MR) is 73.0 cm³/mol. The molecule has 1 aromatic rings. The fraction of sp³-hybridized carbons (Fsp3) is 0.533. The number of nitrogens with zero attached hydrogens (tertiary/aromatic N) is 1. The van der Waals surface area contributed by atoms with E-state index >= 15 is 0 Å². The highest BCUT2D eigenvalue weighted by Gasteiger charge is 2.38. The highest BCUT2D eigenvalue weighted by molar-refractivity contribution is 5.71. The van der Waals surface area contributed by atoms with Crippen LogP contribution in [0.3, 0.4) is 0 Å². The Bertz CT molecular complexity index is 443. The maximum Gasteiger partial charge on any atom is 0.308 e. The first-order valence-corrected chi connectivity index (χ1v) is 6.82. The number of hydrogen-bond acceptors (Lipinski definition) is 3. The number of carboxylic acids is 1. The molecule has 2 N–H and O–H groups in total. The number of likely N-dealkylation sites (tertiary alicyclic amines) is 1. The molecule has 1 fully saturated rings. The van der Waals surface area contributed by atoms with Gasteiger partial charge >= 0.3 is 5.97 Å². The molecule has 1 aliphatic heterocycles. The lowest BCUT2D eigenvalue weighted by atomic mass is 9.99. The molecule has 1 aromatic carbocycles. The van der Waals surface area contributed by atoms with Crippen LogP contribution in [0, 0.1) is 5.92 Å². The van der Waals surface area contributed by atoms with E-state index in [0.717, 1.165) is 18.5 Å². The molecule has 2 rings (SSSR count). The lowest BCUT2D eigenvalue weighted by molar-refractivity contribution is -0.142. The highest BCUT2D eigenvalue weighted by Crippen LogP contribution is 2.35. The van der Waals surface area contributed by atoms with Gasteiger partial charge in [0.15, 0.2) is 0 Å². The van der Waals surface area contributed by atoms with Crippen LogP contribution in [0.2, 0.25) is 0 Å². The summed E-state index contributed by atoms with van der Waals surface area (Å²) in [7, 11) is 0. The van der Waals surface area contributed by atoms with Gasteiger partial charge in [-0.1, -0.05) is 19.1 Å². The van der Waals surface area contributed by atoms with E-state index in [1.165, 1.54) is 0 Å². The minimum absolute atomic E-state index is 0.0521. The number of rotatable bonds is 4. The van der Waals surface area contributed by atoms with Gasteiger partial charge in [0.25, 0.3) is 0 Å². The molecular weight excluding hydrogens is 242 g/mol. The van der Waals surface area contributed by atoms with Gasteiger partial charge in [-0.3, -0.25) is 9.69 Å². The number of aromatic hydroxyl groups is 1. The lowest BCUT2D eigenvalue weighted by Crippen LogP contribution is -2.35. The first-order valence-electron chi connectivity index (χ1n) is 6.82. The number of phenolic OH excluding ortho intramolecular Hbond substituents is 1. The summed E-state index contributed by atoms with van der Waals surface area (Å²) >= 11 is 0. The summed E-state index contributed by atoms with van der Waals surface area (Å²) in [6.45, 7) is 4.92. The third-order valence-corrected chi connectivity index (χ3v) is 4.19. The molecule has 3 atom stereocenters. The van der Waals surface area contributed by atoms with E-state index < -0.39 is 5.97 Å². The Kier molecular flexibility index (Phi) is 4.10. The number of benzene rings is 1. The molecule has 0 bridgehead atoms. The average Bonchev–Trinajstić information content (AvgIpc) is 2.75. The molecule has 0 aromatic heterocycles. The molecule has 1 aliphatic rings. The zero-order valence-corrected chi connectivity index (χ0v) is 11.4. The molecule has 1 saturated heterocycles. The number of hydrogen-bond donors (Lipinski definition) is 2. The second-order valence-electron chi connectivity index (χ2n) is 5.23. The van der Waals surface area contributed by atoms with E-state index in [0.29, 0.717) is 6.42 Å². The second-order valence-corrected chi connectivity index (χ2v) is 5.23. The van der Waals surface area contributed by atoms with Crippen LogP contribution in [0.1, 0.15) is 38.3 Å². The van der Waals surface area contributed by atoms with Crippen molar-refractivity contribution < 1.29 is 15.0 Å². The van der Waals surface area contributed by atoms with Crippen molar-refractivity contribution in [3.05, 3.63) is 29.8 Å². The molecule has 0 aliphatic carbocycles. The summed E-state index contributed by atoms with van der Waals surface area (Å²) in [5, 5.41) is 18.6. The van der Waals surface area contributed by atoms with E-state index in [4.69, 9.17) is 0 Å². The zero-order chi connectivity index (χ0) is 14.0. The van der Waals surface area contributed by atoms with E-state index in [-0.39, 0.29) is 23.8 Å². The van der Waals surface area contributed by atoms with Gasteiger partial charge in [-0.25, -0.2) is 0 Å². The van der Waals surface area contributed by atoms with Crippen LogP contribution in [0.25, 0.3) is 0 Å². The number of carboxylic acid groups (broad SMARTS) is 1. The van der Waals surface area contributed by atoms with Gasteiger partial charge in [0.05, 0.1) is 5.92 Å². The summed E-state index contributed by atoms with van der Waals surface area (Å²) in [5.41, 5.74) is 1.14. The van der Waals surface area contributed by atoms with Gasteiger partial charge in [0.1, 0.15) is 5.75 Å². The Morgan fingerprint density at radius 2 is 2.05 bits per heavy atom. The fourth-order valence-corrected chi connectivity index (χ4v) is 3.09. The number of aliphatic carboxylic acids is 1. The van der Waals surface area contributed by atoms with Crippen LogP contribution < -0.4 is 0 Å². The summed E-state index contributed by atoms with van der Waals surface area (Å²) < 4.78 is 0. The number of phenols is 1. The van der Waals surface area contributed by atoms with Crippen molar-refractivity contribution in [2.75, 3.05) is 6.54 Å². The Balaban J connectivity index is 2.19. The molecule has 0 spiro atoms. The van der Waals surface area contributed by atoms with Gasteiger partial charge in [0.2, 0.25) is 0 Å². The topological polar surface area (TPSA) is 60.8 Å². The van der Waals surface area contributed by atoms with Crippen molar-refractivity contribution in [2.45, 2.75) is 38.8 Å². The maximum atomic E-state index is 11.2. The zero-order valence-electron chi connectivity index (χ0n) is 11.4. The summed E-state index contributed by atoms with van der Waals surface area (Å²) in [6, 6.07) is 7.49. The summed E-state index contributed by atoms with van der Waals surface area (Å²) in [4.78, 5) is 13.5. The Morgan fingerprint density at radius 1 is 1.42 bits per heavy atom. The van der Waals surface area contributed by atoms with Gasteiger partial charge in [-0.15, -0.1) is 0 Å². The molecule has 1 heterocycles. The monoisotopic (exact) mass is 263 g/mol. The molecule has 0 saturated carbocycles. The fourth-order valence-electron chi connectivity index (χ4n) is 3.09. The van der Waals surface area contributed by atoms with Gasteiger partial charge in [-0.2, -0.15) is 0 Å². The Labute approximate surface area is 113 Å². The lowest BCUT2D eigenvalue weighted by Gasteiger charge is -2.32. The van der Waals surface area contributed by atoms with Crippen molar-refractivity contribution >= 4 is 5.97 Å². The second kappa shape index (κ2) is 5.61. The third-order valence-electron chi connectivity index (χ3n) is 4.19. The van der Waals surface area contributed by atoms with E-state index in [1.54, 1.807) is 12.1 Å². The van der Waals surface area contributed by atoms with Gasteiger partial charge in [0, 0.05) is 12.1 Å². The van der Waals surface area contributed by atoms with Crippen LogP contribution >= 0.6 is 0 Å². The summed E-state index contributed by atoms with van der Waals surface area (Å²) in [6.07, 6.45) is 1.65. The molecule has 0 radical (unpaired) electrons. The smallest absolute Gasteiger partial charge is 0.308 e. The van der Waals surface area contributed by atoms with Gasteiger partial charge in [-0.05, 0) is 44.0 Å². The number of carbonyl (C=O) groups is 1. The molecule has 19 heavy (non-hydrogen) atoms. The minimum Gasteiger partial charge on any atom is -0.508 e. The maximum absolute atomic E-state index is 11.2. The first kappa shape index (κ1) is 13.9. The first-order chi connectivity index (χ1) is 9.04. The molecule has 4 nitrogen and oxygen atoms in total. The van der Waals surface area contributed by atoms with Crippen molar-refractivity contribution in [3.63, 3.8) is 0 Å².